The third-order valence-electron chi connectivity index (χ3n) is 2.98. The number of nitrogens with zero attached hydrogens (tertiary/aromatic N) is 2. The summed E-state index contributed by atoms with van der Waals surface area (Å²) in [6, 6.07) is 7.47. The fourth-order valence-corrected chi connectivity index (χ4v) is 2.35. The van der Waals surface area contributed by atoms with Crippen LogP contribution in [-0.4, -0.2) is 9.78 Å². The van der Waals surface area contributed by atoms with E-state index in [1.807, 2.05) is 23.0 Å². The highest BCUT2D eigenvalue weighted by Crippen LogP contribution is 2.27. The maximum atomic E-state index is 6.19. The second-order valence-electron chi connectivity index (χ2n) is 4.86. The van der Waals surface area contributed by atoms with Crippen LogP contribution < -0.4 is 5.73 Å². The van der Waals surface area contributed by atoms with Crippen LogP contribution >= 0.6 is 23.2 Å². The quantitative estimate of drug-likeness (QED) is 0.926. The molecule has 0 spiro atoms. The molecule has 2 N–H and O–H groups in total. The normalized spacial score (nSPS) is 12.9. The van der Waals surface area contributed by atoms with Crippen molar-refractivity contribution in [3.63, 3.8) is 0 Å². The molecular weight excluding hydrogens is 281 g/mol. The second kappa shape index (κ2) is 5.95. The summed E-state index contributed by atoms with van der Waals surface area (Å²) in [6.45, 7) is 4.18. The van der Waals surface area contributed by atoms with Crippen molar-refractivity contribution in [1.29, 1.82) is 0 Å². The van der Waals surface area contributed by atoms with E-state index in [2.05, 4.69) is 18.9 Å². The van der Waals surface area contributed by atoms with Crippen molar-refractivity contribution in [2.75, 3.05) is 0 Å². The molecule has 19 heavy (non-hydrogen) atoms. The SMILES string of the molecule is CC(C)n1ccc(CC(N)c2cc(Cl)ccc2Cl)n1. The summed E-state index contributed by atoms with van der Waals surface area (Å²) in [7, 11) is 0. The average molecular weight is 298 g/mol. The fraction of sp³-hybridized carbons (Fsp3) is 0.357. The molecule has 0 aliphatic rings. The van der Waals surface area contributed by atoms with Crippen LogP contribution in [0.2, 0.25) is 10.0 Å². The minimum atomic E-state index is -0.207. The van der Waals surface area contributed by atoms with Gasteiger partial charge in [-0.05, 0) is 43.7 Å². The van der Waals surface area contributed by atoms with Gasteiger partial charge in [0.15, 0.2) is 0 Å². The van der Waals surface area contributed by atoms with E-state index in [1.54, 1.807) is 12.1 Å². The van der Waals surface area contributed by atoms with Crippen LogP contribution in [-0.2, 0) is 6.42 Å². The molecule has 5 heteroatoms. The van der Waals surface area contributed by atoms with Crippen LogP contribution in [0.1, 0.15) is 37.2 Å². The van der Waals surface area contributed by atoms with E-state index in [0.717, 1.165) is 11.3 Å². The van der Waals surface area contributed by atoms with Gasteiger partial charge in [-0.1, -0.05) is 23.2 Å². The number of hydrogen-bond donors (Lipinski definition) is 1. The molecule has 2 aromatic rings. The van der Waals surface area contributed by atoms with Gasteiger partial charge >= 0.3 is 0 Å². The summed E-state index contributed by atoms with van der Waals surface area (Å²) in [5.74, 6) is 0. The Kier molecular flexibility index (Phi) is 4.50. The second-order valence-corrected chi connectivity index (χ2v) is 5.70. The maximum Gasteiger partial charge on any atom is 0.0643 e. The first-order chi connectivity index (χ1) is 8.97. The van der Waals surface area contributed by atoms with Crippen molar-refractivity contribution in [3.8, 4) is 0 Å². The van der Waals surface area contributed by atoms with Gasteiger partial charge < -0.3 is 5.73 Å². The first-order valence-electron chi connectivity index (χ1n) is 6.22. The van der Waals surface area contributed by atoms with E-state index < -0.39 is 0 Å². The zero-order valence-corrected chi connectivity index (χ0v) is 12.5. The van der Waals surface area contributed by atoms with Gasteiger partial charge in [0.25, 0.3) is 0 Å². The van der Waals surface area contributed by atoms with Crippen LogP contribution in [0.4, 0.5) is 0 Å². The smallest absolute Gasteiger partial charge is 0.0643 e. The molecule has 0 radical (unpaired) electrons. The lowest BCUT2D eigenvalue weighted by Crippen LogP contribution is -2.14. The van der Waals surface area contributed by atoms with Crippen LogP contribution in [0.3, 0.4) is 0 Å². The number of benzene rings is 1. The van der Waals surface area contributed by atoms with E-state index >= 15 is 0 Å². The van der Waals surface area contributed by atoms with Crippen molar-refractivity contribution in [3.05, 3.63) is 51.8 Å². The molecule has 1 aromatic carbocycles. The van der Waals surface area contributed by atoms with Crippen LogP contribution in [0.25, 0.3) is 0 Å². The summed E-state index contributed by atoms with van der Waals surface area (Å²) in [6.07, 6.45) is 2.60. The molecule has 1 heterocycles. The molecule has 1 unspecified atom stereocenters. The van der Waals surface area contributed by atoms with Gasteiger partial charge in [-0.25, -0.2) is 0 Å². The summed E-state index contributed by atoms with van der Waals surface area (Å²) in [5, 5.41) is 5.77. The predicted molar refractivity (Wildman–Crippen MR) is 79.7 cm³/mol. The van der Waals surface area contributed by atoms with Crippen LogP contribution in [0, 0.1) is 0 Å². The highest BCUT2D eigenvalue weighted by molar-refractivity contribution is 6.33. The Bertz CT molecular complexity index is 564. The van der Waals surface area contributed by atoms with Crippen LogP contribution in [0.15, 0.2) is 30.5 Å². The van der Waals surface area contributed by atoms with Crippen molar-refractivity contribution in [2.45, 2.75) is 32.4 Å². The zero-order valence-electron chi connectivity index (χ0n) is 11.0. The predicted octanol–water partition coefficient (Wildman–Crippen LogP) is 4.01. The standard InChI is InChI=1S/C14H17Cl2N3/c1-9(2)19-6-5-11(18-19)8-14(17)12-7-10(15)3-4-13(12)16/h3-7,9,14H,8,17H2,1-2H3. The van der Waals surface area contributed by atoms with Gasteiger partial charge in [-0.3, -0.25) is 4.68 Å². The van der Waals surface area contributed by atoms with E-state index in [0.29, 0.717) is 22.5 Å². The summed E-state index contributed by atoms with van der Waals surface area (Å²) < 4.78 is 1.92. The zero-order chi connectivity index (χ0) is 14.0. The molecule has 0 aliphatic carbocycles. The van der Waals surface area contributed by atoms with Gasteiger partial charge in [-0.2, -0.15) is 5.10 Å². The first kappa shape index (κ1) is 14.4. The number of rotatable bonds is 4. The molecule has 1 aromatic heterocycles. The molecule has 0 saturated heterocycles. The van der Waals surface area contributed by atoms with E-state index in [4.69, 9.17) is 28.9 Å². The van der Waals surface area contributed by atoms with Gasteiger partial charge in [0.05, 0.1) is 5.69 Å². The highest BCUT2D eigenvalue weighted by Gasteiger charge is 2.13. The average Bonchev–Trinajstić information content (AvgIpc) is 2.80. The number of hydrogen-bond acceptors (Lipinski definition) is 2. The summed E-state index contributed by atoms with van der Waals surface area (Å²) in [5.41, 5.74) is 8.00. The highest BCUT2D eigenvalue weighted by atomic mass is 35.5. The third-order valence-corrected chi connectivity index (χ3v) is 3.56. The van der Waals surface area contributed by atoms with Crippen molar-refractivity contribution < 1.29 is 0 Å². The minimum absolute atomic E-state index is 0.207. The Hall–Kier alpha value is -1.03. The monoisotopic (exact) mass is 297 g/mol. The number of nitrogens with two attached hydrogens (primary N) is 1. The van der Waals surface area contributed by atoms with Gasteiger partial charge in [0, 0.05) is 34.7 Å². The van der Waals surface area contributed by atoms with E-state index in [9.17, 15) is 0 Å². The van der Waals surface area contributed by atoms with Crippen molar-refractivity contribution in [2.24, 2.45) is 5.73 Å². The topological polar surface area (TPSA) is 43.8 Å². The largest absolute Gasteiger partial charge is 0.324 e. The molecule has 0 amide bonds. The van der Waals surface area contributed by atoms with Gasteiger partial charge in [0.2, 0.25) is 0 Å². The van der Waals surface area contributed by atoms with Gasteiger partial charge in [-0.15, -0.1) is 0 Å². The molecular formula is C14H17Cl2N3. The summed E-state index contributed by atoms with van der Waals surface area (Å²) in [4.78, 5) is 0. The van der Waals surface area contributed by atoms with Crippen LogP contribution in [0.5, 0.6) is 0 Å². The molecule has 1 atom stereocenters. The molecule has 0 fully saturated rings. The lowest BCUT2D eigenvalue weighted by atomic mass is 10.0. The Balaban J connectivity index is 2.15. The molecule has 0 bridgehead atoms. The van der Waals surface area contributed by atoms with E-state index in [-0.39, 0.29) is 6.04 Å². The lowest BCUT2D eigenvalue weighted by molar-refractivity contribution is 0.522. The molecule has 0 saturated carbocycles. The summed E-state index contributed by atoms with van der Waals surface area (Å²) >= 11 is 12.1. The van der Waals surface area contributed by atoms with Gasteiger partial charge in [0.1, 0.15) is 0 Å². The Morgan fingerprint density at radius 1 is 1.26 bits per heavy atom. The Morgan fingerprint density at radius 2 is 2.00 bits per heavy atom. The Labute approximate surface area is 123 Å². The van der Waals surface area contributed by atoms with E-state index in [1.165, 1.54) is 0 Å². The maximum absolute atomic E-state index is 6.19. The molecule has 2 rings (SSSR count). The number of aromatic nitrogens is 2. The molecule has 102 valence electrons. The lowest BCUT2D eigenvalue weighted by Gasteiger charge is -2.13. The number of halogens is 2. The Morgan fingerprint density at radius 3 is 2.63 bits per heavy atom. The van der Waals surface area contributed by atoms with Crippen molar-refractivity contribution in [1.82, 2.24) is 9.78 Å². The fourth-order valence-electron chi connectivity index (χ4n) is 1.91. The molecule has 0 aliphatic heterocycles. The minimum Gasteiger partial charge on any atom is -0.324 e. The first-order valence-corrected chi connectivity index (χ1v) is 6.97. The molecule has 3 nitrogen and oxygen atoms in total. The van der Waals surface area contributed by atoms with Crippen molar-refractivity contribution >= 4 is 23.2 Å². The third kappa shape index (κ3) is 3.50.